The van der Waals surface area contributed by atoms with Gasteiger partial charge in [0.05, 0.1) is 0 Å². The zero-order valence-electron chi connectivity index (χ0n) is 25.3. The maximum atomic E-state index is 2.48. The Balaban J connectivity index is 1.41. The molecular formula is C44H32. The third-order valence-electron chi connectivity index (χ3n) is 10.1. The zero-order chi connectivity index (χ0) is 29.6. The first-order valence-electron chi connectivity index (χ1n) is 15.6. The van der Waals surface area contributed by atoms with E-state index in [-0.39, 0.29) is 5.41 Å². The van der Waals surface area contributed by atoms with Crippen LogP contribution < -0.4 is 0 Å². The summed E-state index contributed by atoms with van der Waals surface area (Å²) in [5.74, 6) is 0. The molecule has 0 aliphatic heterocycles. The molecule has 0 radical (unpaired) electrons. The lowest BCUT2D eigenvalue weighted by Gasteiger charge is -2.23. The molecule has 0 fully saturated rings. The van der Waals surface area contributed by atoms with Crippen molar-refractivity contribution in [2.75, 3.05) is 0 Å². The Labute approximate surface area is 258 Å². The summed E-state index contributed by atoms with van der Waals surface area (Å²) in [6.07, 6.45) is 0. The van der Waals surface area contributed by atoms with Gasteiger partial charge in [-0.2, -0.15) is 0 Å². The number of aryl methyl sites for hydroxylation is 1. The van der Waals surface area contributed by atoms with Crippen molar-refractivity contribution in [3.8, 4) is 33.4 Å². The second-order valence-electron chi connectivity index (χ2n) is 13.0. The van der Waals surface area contributed by atoms with Crippen LogP contribution in [0.25, 0.3) is 76.5 Å². The van der Waals surface area contributed by atoms with Crippen LogP contribution in [-0.4, -0.2) is 0 Å². The summed E-state index contributed by atoms with van der Waals surface area (Å²) in [5.41, 5.74) is 12.0. The Morgan fingerprint density at radius 3 is 1.82 bits per heavy atom. The minimum absolute atomic E-state index is 0.0482. The van der Waals surface area contributed by atoms with Crippen LogP contribution in [-0.2, 0) is 5.41 Å². The molecule has 0 unspecified atom stereocenters. The van der Waals surface area contributed by atoms with Crippen molar-refractivity contribution in [1.29, 1.82) is 0 Å². The maximum absolute atomic E-state index is 2.48. The molecular weight excluding hydrogens is 528 g/mol. The van der Waals surface area contributed by atoms with Crippen LogP contribution in [0.3, 0.4) is 0 Å². The monoisotopic (exact) mass is 560 g/mol. The Morgan fingerprint density at radius 1 is 0.386 bits per heavy atom. The van der Waals surface area contributed by atoms with Gasteiger partial charge in [0.25, 0.3) is 0 Å². The van der Waals surface area contributed by atoms with Crippen LogP contribution in [0, 0.1) is 6.92 Å². The molecule has 0 atom stereocenters. The van der Waals surface area contributed by atoms with Crippen molar-refractivity contribution in [1.82, 2.24) is 0 Å². The number of fused-ring (bicyclic) bond motifs is 8. The second kappa shape index (κ2) is 9.15. The van der Waals surface area contributed by atoms with Crippen molar-refractivity contribution in [2.24, 2.45) is 0 Å². The predicted molar refractivity (Wildman–Crippen MR) is 190 cm³/mol. The van der Waals surface area contributed by atoms with E-state index in [2.05, 4.69) is 160 Å². The lowest BCUT2D eigenvalue weighted by Crippen LogP contribution is -2.14. The number of benzene rings is 8. The van der Waals surface area contributed by atoms with Crippen LogP contribution in [0.15, 0.2) is 140 Å². The largest absolute Gasteiger partial charge is 0.0619 e. The fraction of sp³-hybridized carbons (Fsp3) is 0.0909. The summed E-state index contributed by atoms with van der Waals surface area (Å²) in [6, 6.07) is 52.3. The highest BCUT2D eigenvalue weighted by Gasteiger charge is 2.35. The molecule has 0 N–H and O–H groups in total. The molecule has 0 heterocycles. The van der Waals surface area contributed by atoms with Gasteiger partial charge in [-0.25, -0.2) is 0 Å². The van der Waals surface area contributed by atoms with E-state index in [4.69, 9.17) is 0 Å². The van der Waals surface area contributed by atoms with Crippen LogP contribution in [0.4, 0.5) is 0 Å². The molecule has 1 aliphatic rings. The smallest absolute Gasteiger partial charge is 0.0159 e. The summed E-state index contributed by atoms with van der Waals surface area (Å²) < 4.78 is 0. The summed E-state index contributed by atoms with van der Waals surface area (Å²) in [6.45, 7) is 6.96. The van der Waals surface area contributed by atoms with Crippen molar-refractivity contribution in [2.45, 2.75) is 26.2 Å². The average Bonchev–Trinajstić information content (AvgIpc) is 3.29. The minimum atomic E-state index is -0.0482. The van der Waals surface area contributed by atoms with Crippen molar-refractivity contribution < 1.29 is 0 Å². The van der Waals surface area contributed by atoms with Gasteiger partial charge in [0, 0.05) is 5.41 Å². The molecule has 0 spiro atoms. The first-order chi connectivity index (χ1) is 21.5. The molecule has 0 bridgehead atoms. The van der Waals surface area contributed by atoms with E-state index in [0.29, 0.717) is 0 Å². The fourth-order valence-corrected chi connectivity index (χ4v) is 8.01. The van der Waals surface area contributed by atoms with E-state index < -0.39 is 0 Å². The Hall–Kier alpha value is -5.20. The minimum Gasteiger partial charge on any atom is -0.0619 e. The SMILES string of the molecule is Cc1ccc2c(-c3cc4ccccc4c4ccccc34)c3ccccc3c(-c3ccc4c(c3)C(C)(C)c3ccccc3-4)c2c1. The second-order valence-corrected chi connectivity index (χ2v) is 13.0. The first kappa shape index (κ1) is 25.3. The highest BCUT2D eigenvalue weighted by molar-refractivity contribution is 6.25. The Morgan fingerprint density at radius 2 is 1.00 bits per heavy atom. The van der Waals surface area contributed by atoms with Gasteiger partial charge in [0.1, 0.15) is 0 Å². The van der Waals surface area contributed by atoms with Gasteiger partial charge in [-0.3, -0.25) is 0 Å². The zero-order valence-corrected chi connectivity index (χ0v) is 25.3. The third kappa shape index (κ3) is 3.46. The van der Waals surface area contributed by atoms with Crippen molar-refractivity contribution >= 4 is 43.1 Å². The number of hydrogen-bond acceptors (Lipinski definition) is 0. The van der Waals surface area contributed by atoms with Crippen LogP contribution >= 0.6 is 0 Å². The van der Waals surface area contributed by atoms with Gasteiger partial charge in [-0.1, -0.05) is 147 Å². The Kier molecular flexibility index (Phi) is 5.26. The predicted octanol–water partition coefficient (Wildman–Crippen LogP) is 12.2. The van der Waals surface area contributed by atoms with E-state index in [1.807, 2.05) is 0 Å². The van der Waals surface area contributed by atoms with Crippen molar-refractivity contribution in [3.63, 3.8) is 0 Å². The van der Waals surface area contributed by atoms with E-state index >= 15 is 0 Å². The molecule has 0 heteroatoms. The molecule has 0 nitrogen and oxygen atoms in total. The molecule has 1 aliphatic carbocycles. The summed E-state index contributed by atoms with van der Waals surface area (Å²) in [4.78, 5) is 0. The van der Waals surface area contributed by atoms with Gasteiger partial charge in [-0.05, 0) is 107 Å². The normalized spacial score (nSPS) is 13.5. The van der Waals surface area contributed by atoms with Gasteiger partial charge < -0.3 is 0 Å². The molecule has 0 amide bonds. The molecule has 0 saturated heterocycles. The van der Waals surface area contributed by atoms with Gasteiger partial charge in [-0.15, -0.1) is 0 Å². The summed E-state index contributed by atoms with van der Waals surface area (Å²) in [7, 11) is 0. The number of rotatable bonds is 2. The van der Waals surface area contributed by atoms with Crippen LogP contribution in [0.2, 0.25) is 0 Å². The van der Waals surface area contributed by atoms with Gasteiger partial charge in [0.15, 0.2) is 0 Å². The molecule has 44 heavy (non-hydrogen) atoms. The van der Waals surface area contributed by atoms with Crippen LogP contribution in [0.5, 0.6) is 0 Å². The average molecular weight is 561 g/mol. The molecule has 0 saturated carbocycles. The summed E-state index contributed by atoms with van der Waals surface area (Å²) in [5, 5.41) is 10.4. The van der Waals surface area contributed by atoms with E-state index in [0.717, 1.165) is 0 Å². The Bertz CT molecular complexity index is 2470. The molecule has 208 valence electrons. The highest BCUT2D eigenvalue weighted by Crippen LogP contribution is 2.51. The van der Waals surface area contributed by atoms with Gasteiger partial charge >= 0.3 is 0 Å². The van der Waals surface area contributed by atoms with E-state index in [9.17, 15) is 0 Å². The maximum Gasteiger partial charge on any atom is 0.0159 e. The molecule has 8 aromatic rings. The molecule has 8 aromatic carbocycles. The lowest BCUT2D eigenvalue weighted by molar-refractivity contribution is 0.660. The summed E-state index contributed by atoms with van der Waals surface area (Å²) >= 11 is 0. The third-order valence-corrected chi connectivity index (χ3v) is 10.1. The molecule has 9 rings (SSSR count). The lowest BCUT2D eigenvalue weighted by atomic mass is 9.80. The standard InChI is InChI=1S/C44H32/c1-27-20-22-37-38(24-27)42(29-21-23-34-33-16-10-11-19-40(33)44(2,3)41(34)26-29)35-17-8-9-18-36(35)43(37)39-25-28-12-4-5-13-30(28)31-14-6-7-15-32(31)39/h4-26H,1-3H3. The molecule has 0 aromatic heterocycles. The van der Waals surface area contributed by atoms with Gasteiger partial charge in [0.2, 0.25) is 0 Å². The van der Waals surface area contributed by atoms with E-state index in [1.54, 1.807) is 0 Å². The van der Waals surface area contributed by atoms with Crippen molar-refractivity contribution in [3.05, 3.63) is 156 Å². The fourth-order valence-electron chi connectivity index (χ4n) is 8.01. The topological polar surface area (TPSA) is 0 Å². The highest BCUT2D eigenvalue weighted by atomic mass is 14.4. The first-order valence-corrected chi connectivity index (χ1v) is 15.6. The quantitative estimate of drug-likeness (QED) is 0.146. The van der Waals surface area contributed by atoms with E-state index in [1.165, 1.54) is 93.2 Å². The van der Waals surface area contributed by atoms with Crippen LogP contribution in [0.1, 0.15) is 30.5 Å². The number of hydrogen-bond donors (Lipinski definition) is 0.